The molecule has 0 amide bonds. The Kier molecular flexibility index (Phi) is 4.27. The second-order valence-electron chi connectivity index (χ2n) is 8.13. The molecule has 2 saturated heterocycles. The molecule has 0 aromatic carbocycles. The van der Waals surface area contributed by atoms with Crippen molar-refractivity contribution in [3.05, 3.63) is 18.1 Å². The zero-order chi connectivity index (χ0) is 15.8. The van der Waals surface area contributed by atoms with Gasteiger partial charge in [0.15, 0.2) is 0 Å². The van der Waals surface area contributed by atoms with Crippen LogP contribution in [0.3, 0.4) is 0 Å². The van der Waals surface area contributed by atoms with Crippen molar-refractivity contribution in [2.45, 2.75) is 57.9 Å². The zero-order valence-corrected chi connectivity index (χ0v) is 14.6. The summed E-state index contributed by atoms with van der Waals surface area (Å²) in [6.45, 7) is 9.40. The second-order valence-corrected chi connectivity index (χ2v) is 8.13. The van der Waals surface area contributed by atoms with Crippen LogP contribution in [0.15, 0.2) is 12.4 Å². The molecule has 1 aromatic heterocycles. The minimum Gasteiger partial charge on any atom is -0.356 e. The van der Waals surface area contributed by atoms with Gasteiger partial charge in [0.05, 0.1) is 0 Å². The summed E-state index contributed by atoms with van der Waals surface area (Å²) in [7, 11) is 0. The van der Waals surface area contributed by atoms with Crippen LogP contribution in [0, 0.1) is 11.8 Å². The number of hydrogen-bond acceptors (Lipinski definition) is 4. The molecule has 23 heavy (non-hydrogen) atoms. The van der Waals surface area contributed by atoms with Gasteiger partial charge in [0.2, 0.25) is 0 Å². The van der Waals surface area contributed by atoms with Gasteiger partial charge in [-0.15, -0.1) is 0 Å². The van der Waals surface area contributed by atoms with E-state index >= 15 is 0 Å². The van der Waals surface area contributed by atoms with E-state index in [9.17, 15) is 0 Å². The van der Waals surface area contributed by atoms with Crippen LogP contribution < -0.4 is 4.90 Å². The summed E-state index contributed by atoms with van der Waals surface area (Å²) >= 11 is 0. The van der Waals surface area contributed by atoms with Crippen molar-refractivity contribution in [2.24, 2.45) is 11.8 Å². The van der Waals surface area contributed by atoms with E-state index in [-0.39, 0.29) is 0 Å². The van der Waals surface area contributed by atoms with Crippen LogP contribution in [0.25, 0.3) is 0 Å². The van der Waals surface area contributed by atoms with Crippen LogP contribution >= 0.6 is 0 Å². The molecular formula is C19H30N4. The molecule has 1 aliphatic carbocycles. The fourth-order valence-corrected chi connectivity index (χ4v) is 4.81. The van der Waals surface area contributed by atoms with Crippen molar-refractivity contribution in [3.63, 3.8) is 0 Å². The Morgan fingerprint density at radius 1 is 0.957 bits per heavy atom. The van der Waals surface area contributed by atoms with Crippen molar-refractivity contribution in [1.82, 2.24) is 14.9 Å². The van der Waals surface area contributed by atoms with Crippen molar-refractivity contribution < 1.29 is 0 Å². The van der Waals surface area contributed by atoms with E-state index in [0.29, 0.717) is 5.92 Å². The topological polar surface area (TPSA) is 32.3 Å². The minimum absolute atomic E-state index is 0.473. The normalized spacial score (nSPS) is 29.4. The van der Waals surface area contributed by atoms with E-state index < -0.39 is 0 Å². The summed E-state index contributed by atoms with van der Waals surface area (Å²) in [5.41, 5.74) is 1.16. The SMILES string of the molecule is CC(C)c1cc(N2CC3CN(C4CCCCC4)CC3C2)ncn1. The van der Waals surface area contributed by atoms with Crippen molar-refractivity contribution in [2.75, 3.05) is 31.1 Å². The Balaban J connectivity index is 1.39. The average Bonchev–Trinajstić information content (AvgIpc) is 3.14. The van der Waals surface area contributed by atoms with Crippen LogP contribution in [0.5, 0.6) is 0 Å². The quantitative estimate of drug-likeness (QED) is 0.857. The van der Waals surface area contributed by atoms with Gasteiger partial charge in [0.25, 0.3) is 0 Å². The van der Waals surface area contributed by atoms with Gasteiger partial charge >= 0.3 is 0 Å². The van der Waals surface area contributed by atoms with Gasteiger partial charge in [-0.1, -0.05) is 33.1 Å². The summed E-state index contributed by atoms with van der Waals surface area (Å²) < 4.78 is 0. The molecule has 1 aromatic rings. The maximum absolute atomic E-state index is 4.54. The van der Waals surface area contributed by atoms with E-state index in [1.54, 1.807) is 6.33 Å². The van der Waals surface area contributed by atoms with Crippen molar-refractivity contribution >= 4 is 5.82 Å². The smallest absolute Gasteiger partial charge is 0.132 e. The van der Waals surface area contributed by atoms with E-state index in [0.717, 1.165) is 29.4 Å². The molecule has 2 unspecified atom stereocenters. The molecule has 4 rings (SSSR count). The molecule has 3 aliphatic rings. The monoisotopic (exact) mass is 314 g/mol. The first-order valence-corrected chi connectivity index (χ1v) is 9.51. The number of fused-ring (bicyclic) bond motifs is 1. The lowest BCUT2D eigenvalue weighted by molar-refractivity contribution is 0.180. The molecule has 3 heterocycles. The Bertz CT molecular complexity index is 524. The lowest BCUT2D eigenvalue weighted by Gasteiger charge is -2.32. The molecular weight excluding hydrogens is 284 g/mol. The van der Waals surface area contributed by atoms with Gasteiger partial charge in [-0.25, -0.2) is 9.97 Å². The predicted molar refractivity (Wildman–Crippen MR) is 93.8 cm³/mol. The predicted octanol–water partition coefficient (Wildman–Crippen LogP) is 3.30. The summed E-state index contributed by atoms with van der Waals surface area (Å²) in [5.74, 6) is 3.30. The highest BCUT2D eigenvalue weighted by molar-refractivity contribution is 5.41. The molecule has 4 heteroatoms. The molecule has 0 spiro atoms. The second kappa shape index (κ2) is 6.39. The van der Waals surface area contributed by atoms with Gasteiger partial charge in [-0.2, -0.15) is 0 Å². The Hall–Kier alpha value is -1.16. The minimum atomic E-state index is 0.473. The lowest BCUT2D eigenvalue weighted by Crippen LogP contribution is -2.37. The first-order chi connectivity index (χ1) is 11.2. The summed E-state index contributed by atoms with van der Waals surface area (Å²) in [5, 5.41) is 0. The van der Waals surface area contributed by atoms with Gasteiger partial charge in [0, 0.05) is 44.0 Å². The van der Waals surface area contributed by atoms with Crippen LogP contribution in [0.1, 0.15) is 57.6 Å². The maximum atomic E-state index is 4.54. The van der Waals surface area contributed by atoms with Gasteiger partial charge < -0.3 is 4.90 Å². The molecule has 2 aliphatic heterocycles. The first-order valence-electron chi connectivity index (χ1n) is 9.51. The molecule has 1 saturated carbocycles. The first kappa shape index (κ1) is 15.4. The number of aromatic nitrogens is 2. The third-order valence-corrected chi connectivity index (χ3v) is 6.19. The molecule has 0 radical (unpaired) electrons. The third-order valence-electron chi connectivity index (χ3n) is 6.19. The van der Waals surface area contributed by atoms with Crippen LogP contribution in [-0.2, 0) is 0 Å². The molecule has 3 fully saturated rings. The van der Waals surface area contributed by atoms with Gasteiger partial charge in [0.1, 0.15) is 12.1 Å². The number of rotatable bonds is 3. The number of nitrogens with zero attached hydrogens (tertiary/aromatic N) is 4. The Morgan fingerprint density at radius 3 is 2.30 bits per heavy atom. The summed E-state index contributed by atoms with van der Waals surface area (Å²) in [6, 6.07) is 3.08. The van der Waals surface area contributed by atoms with Crippen molar-refractivity contribution in [1.29, 1.82) is 0 Å². The number of anilines is 1. The third kappa shape index (κ3) is 3.10. The van der Waals surface area contributed by atoms with Gasteiger partial charge in [-0.05, 0) is 30.6 Å². The van der Waals surface area contributed by atoms with Gasteiger partial charge in [-0.3, -0.25) is 4.90 Å². The number of hydrogen-bond donors (Lipinski definition) is 0. The summed E-state index contributed by atoms with van der Waals surface area (Å²) in [6.07, 6.45) is 8.96. The standard InChI is InChI=1S/C19H30N4/c1-14(2)18-8-19(21-13-20-18)23-11-15-9-22(10-16(15)12-23)17-6-4-3-5-7-17/h8,13-17H,3-7,9-12H2,1-2H3. The molecule has 0 N–H and O–H groups in total. The highest BCUT2D eigenvalue weighted by atomic mass is 15.3. The van der Waals surface area contributed by atoms with E-state index in [1.807, 2.05) is 0 Å². The Morgan fingerprint density at radius 2 is 1.65 bits per heavy atom. The van der Waals surface area contributed by atoms with E-state index in [4.69, 9.17) is 0 Å². The molecule has 4 nitrogen and oxygen atoms in total. The Labute approximate surface area is 140 Å². The van der Waals surface area contributed by atoms with E-state index in [2.05, 4.69) is 39.7 Å². The molecule has 2 atom stereocenters. The van der Waals surface area contributed by atoms with E-state index in [1.165, 1.54) is 58.3 Å². The fourth-order valence-electron chi connectivity index (χ4n) is 4.81. The zero-order valence-electron chi connectivity index (χ0n) is 14.6. The summed E-state index contributed by atoms with van der Waals surface area (Å²) in [4.78, 5) is 14.3. The van der Waals surface area contributed by atoms with Crippen LogP contribution in [0.4, 0.5) is 5.82 Å². The fraction of sp³-hybridized carbons (Fsp3) is 0.789. The maximum Gasteiger partial charge on any atom is 0.132 e. The highest BCUT2D eigenvalue weighted by Crippen LogP contribution is 2.36. The largest absolute Gasteiger partial charge is 0.356 e. The molecule has 0 bridgehead atoms. The van der Waals surface area contributed by atoms with Crippen LogP contribution in [-0.4, -0.2) is 47.1 Å². The highest BCUT2D eigenvalue weighted by Gasteiger charge is 2.42. The van der Waals surface area contributed by atoms with Crippen LogP contribution in [0.2, 0.25) is 0 Å². The number of likely N-dealkylation sites (tertiary alicyclic amines) is 1. The average molecular weight is 314 g/mol. The van der Waals surface area contributed by atoms with Crippen molar-refractivity contribution in [3.8, 4) is 0 Å². The molecule has 126 valence electrons. The lowest BCUT2D eigenvalue weighted by atomic mass is 9.94.